The Bertz CT molecular complexity index is 791. The van der Waals surface area contributed by atoms with Crippen LogP contribution in [0.5, 0.6) is 17.2 Å². The van der Waals surface area contributed by atoms with Crippen molar-refractivity contribution in [2.45, 2.75) is 32.4 Å². The van der Waals surface area contributed by atoms with Crippen LogP contribution in [0.3, 0.4) is 0 Å². The third-order valence-electron chi connectivity index (χ3n) is 5.17. The summed E-state index contributed by atoms with van der Waals surface area (Å²) in [6.45, 7) is 5.30. The van der Waals surface area contributed by atoms with E-state index in [0.29, 0.717) is 32.7 Å². The molecule has 4 rings (SSSR count). The number of hydrogen-bond acceptors (Lipinski definition) is 7. The molecule has 27 heavy (non-hydrogen) atoms. The largest absolute Gasteiger partial charge is 0.496 e. The Morgan fingerprint density at radius 2 is 1.96 bits per heavy atom. The number of aliphatic hydroxyl groups is 1. The molecule has 2 aromatic rings. The van der Waals surface area contributed by atoms with Crippen molar-refractivity contribution in [2.75, 3.05) is 33.4 Å². The molecule has 0 radical (unpaired) electrons. The van der Waals surface area contributed by atoms with Crippen LogP contribution in [0, 0.1) is 12.8 Å². The highest BCUT2D eigenvalue weighted by Gasteiger charge is 2.33. The maximum atomic E-state index is 10.5. The smallest absolute Gasteiger partial charge is 0.164 e. The number of aliphatic hydroxyl groups excluding tert-OH is 1. The molecule has 1 aromatic carbocycles. The summed E-state index contributed by atoms with van der Waals surface area (Å²) in [6, 6.07) is 5.83. The number of ether oxygens (including phenoxy) is 3. The number of β-amino-alcohol motifs (C(OH)–C–C–N with tert-alkyl or cyclic N) is 1. The van der Waals surface area contributed by atoms with Crippen LogP contribution in [-0.4, -0.2) is 54.7 Å². The number of likely N-dealkylation sites (tertiary alicyclic amines) is 1. The van der Waals surface area contributed by atoms with Crippen LogP contribution in [0.1, 0.15) is 23.4 Å². The molecular weight excluding hydrogens is 348 g/mol. The minimum atomic E-state index is -0.387. The minimum absolute atomic E-state index is 0.128. The van der Waals surface area contributed by atoms with E-state index in [0.717, 1.165) is 47.2 Å². The van der Waals surface area contributed by atoms with Crippen LogP contribution in [0.15, 0.2) is 22.7 Å². The molecule has 1 N–H and O–H groups in total. The Kier molecular flexibility index (Phi) is 5.22. The molecule has 2 aliphatic heterocycles. The zero-order valence-corrected chi connectivity index (χ0v) is 15.8. The van der Waals surface area contributed by atoms with Gasteiger partial charge in [0.15, 0.2) is 11.5 Å². The molecule has 146 valence electrons. The molecule has 0 spiro atoms. The number of hydrogen-bond donors (Lipinski definition) is 1. The molecule has 0 aliphatic carbocycles. The second kappa shape index (κ2) is 7.78. The number of fused-ring (bicyclic) bond motifs is 1. The first-order valence-electron chi connectivity index (χ1n) is 9.41. The Morgan fingerprint density at radius 3 is 2.67 bits per heavy atom. The highest BCUT2D eigenvalue weighted by atomic mass is 16.5. The summed E-state index contributed by atoms with van der Waals surface area (Å²) in [5, 5.41) is 14.4. The lowest BCUT2D eigenvalue weighted by atomic mass is 10.0. The van der Waals surface area contributed by atoms with Gasteiger partial charge in [-0.3, -0.25) is 4.90 Å². The SMILES string of the molecule is COc1cc2c(cc1CN1C[C@@H](Cc3cc(C)no3)[C@@H](O)C1)OCCCO2. The van der Waals surface area contributed by atoms with Gasteiger partial charge >= 0.3 is 0 Å². The second-order valence-corrected chi connectivity index (χ2v) is 7.32. The van der Waals surface area contributed by atoms with E-state index in [1.165, 1.54) is 0 Å². The maximum absolute atomic E-state index is 10.5. The average molecular weight is 374 g/mol. The molecule has 1 aromatic heterocycles. The molecule has 3 heterocycles. The van der Waals surface area contributed by atoms with Gasteiger partial charge in [-0.2, -0.15) is 0 Å². The summed E-state index contributed by atoms with van der Waals surface area (Å²) in [5.74, 6) is 3.23. The van der Waals surface area contributed by atoms with Crippen molar-refractivity contribution in [3.05, 3.63) is 35.2 Å². The van der Waals surface area contributed by atoms with Crippen molar-refractivity contribution in [3.63, 3.8) is 0 Å². The highest BCUT2D eigenvalue weighted by Crippen LogP contribution is 2.37. The predicted octanol–water partition coefficient (Wildman–Crippen LogP) is 2.19. The van der Waals surface area contributed by atoms with Crippen molar-refractivity contribution < 1.29 is 23.8 Å². The van der Waals surface area contributed by atoms with E-state index in [2.05, 4.69) is 10.1 Å². The third kappa shape index (κ3) is 4.04. The number of rotatable bonds is 5. The zero-order chi connectivity index (χ0) is 18.8. The minimum Gasteiger partial charge on any atom is -0.496 e. The number of nitrogens with zero attached hydrogens (tertiary/aromatic N) is 2. The predicted molar refractivity (Wildman–Crippen MR) is 98.3 cm³/mol. The summed E-state index contributed by atoms with van der Waals surface area (Å²) >= 11 is 0. The Morgan fingerprint density at radius 1 is 1.19 bits per heavy atom. The summed E-state index contributed by atoms with van der Waals surface area (Å²) in [7, 11) is 1.66. The van der Waals surface area contributed by atoms with Crippen molar-refractivity contribution >= 4 is 0 Å². The number of aryl methyl sites for hydroxylation is 1. The third-order valence-corrected chi connectivity index (χ3v) is 5.17. The van der Waals surface area contributed by atoms with Crippen LogP contribution < -0.4 is 14.2 Å². The molecule has 7 heteroatoms. The monoisotopic (exact) mass is 374 g/mol. The van der Waals surface area contributed by atoms with Crippen LogP contribution in [-0.2, 0) is 13.0 Å². The van der Waals surface area contributed by atoms with E-state index in [9.17, 15) is 5.11 Å². The van der Waals surface area contributed by atoms with Crippen LogP contribution >= 0.6 is 0 Å². The van der Waals surface area contributed by atoms with E-state index in [4.69, 9.17) is 18.7 Å². The van der Waals surface area contributed by atoms with Crippen molar-refractivity contribution in [3.8, 4) is 17.2 Å². The van der Waals surface area contributed by atoms with Gasteiger partial charge in [0.25, 0.3) is 0 Å². The standard InChI is InChI=1S/C20H26N2O5/c1-13-6-16(27-21-13)7-14-10-22(12-17(14)23)11-15-8-19-20(9-18(15)24-2)26-5-3-4-25-19/h6,8-9,14,17,23H,3-5,7,10-12H2,1-2H3/t14-,17+/m1/s1. The van der Waals surface area contributed by atoms with Gasteiger partial charge in [0.2, 0.25) is 0 Å². The molecule has 0 amide bonds. The fraction of sp³-hybridized carbons (Fsp3) is 0.550. The average Bonchev–Trinajstić information content (AvgIpc) is 3.12. The molecule has 0 saturated carbocycles. The fourth-order valence-electron chi connectivity index (χ4n) is 3.83. The lowest BCUT2D eigenvalue weighted by molar-refractivity contribution is 0.137. The topological polar surface area (TPSA) is 77.2 Å². The highest BCUT2D eigenvalue weighted by molar-refractivity contribution is 5.51. The normalized spacial score (nSPS) is 22.6. The van der Waals surface area contributed by atoms with Crippen molar-refractivity contribution in [1.82, 2.24) is 10.1 Å². The Hall–Kier alpha value is -2.25. The summed E-state index contributed by atoms with van der Waals surface area (Å²) in [6.07, 6.45) is 1.17. The molecule has 1 saturated heterocycles. The lowest BCUT2D eigenvalue weighted by Crippen LogP contribution is -2.21. The summed E-state index contributed by atoms with van der Waals surface area (Å²) < 4.78 is 22.4. The second-order valence-electron chi connectivity index (χ2n) is 7.32. The first-order chi connectivity index (χ1) is 13.1. The maximum Gasteiger partial charge on any atom is 0.164 e. The zero-order valence-electron chi connectivity index (χ0n) is 15.8. The first kappa shape index (κ1) is 18.1. The lowest BCUT2D eigenvalue weighted by Gasteiger charge is -2.19. The molecule has 0 bridgehead atoms. The molecule has 2 atom stereocenters. The molecule has 7 nitrogen and oxygen atoms in total. The first-order valence-corrected chi connectivity index (χ1v) is 9.41. The molecule has 2 aliphatic rings. The van der Waals surface area contributed by atoms with E-state index in [1.807, 2.05) is 25.1 Å². The van der Waals surface area contributed by atoms with Gasteiger partial charge in [-0.25, -0.2) is 0 Å². The Labute approximate surface area is 158 Å². The van der Waals surface area contributed by atoms with Gasteiger partial charge in [-0.1, -0.05) is 5.16 Å². The summed E-state index contributed by atoms with van der Waals surface area (Å²) in [5.41, 5.74) is 1.90. The van der Waals surface area contributed by atoms with Gasteiger partial charge in [-0.05, 0) is 13.0 Å². The van der Waals surface area contributed by atoms with Crippen molar-refractivity contribution in [2.24, 2.45) is 5.92 Å². The van der Waals surface area contributed by atoms with E-state index >= 15 is 0 Å². The number of benzene rings is 1. The molecular formula is C20H26N2O5. The van der Waals surface area contributed by atoms with Crippen LogP contribution in [0.4, 0.5) is 0 Å². The van der Waals surface area contributed by atoms with E-state index in [1.54, 1.807) is 7.11 Å². The number of methoxy groups -OCH3 is 1. The van der Waals surface area contributed by atoms with Gasteiger partial charge in [0.05, 0.1) is 32.1 Å². The fourth-order valence-corrected chi connectivity index (χ4v) is 3.83. The van der Waals surface area contributed by atoms with Gasteiger partial charge < -0.3 is 23.8 Å². The van der Waals surface area contributed by atoms with Crippen molar-refractivity contribution in [1.29, 1.82) is 0 Å². The molecule has 1 fully saturated rings. The number of aromatic nitrogens is 1. The van der Waals surface area contributed by atoms with Gasteiger partial charge in [-0.15, -0.1) is 0 Å². The van der Waals surface area contributed by atoms with E-state index < -0.39 is 0 Å². The van der Waals surface area contributed by atoms with Crippen LogP contribution in [0.2, 0.25) is 0 Å². The quantitative estimate of drug-likeness (QED) is 0.859. The van der Waals surface area contributed by atoms with Gasteiger partial charge in [0.1, 0.15) is 11.5 Å². The summed E-state index contributed by atoms with van der Waals surface area (Å²) in [4.78, 5) is 2.24. The van der Waals surface area contributed by atoms with E-state index in [-0.39, 0.29) is 12.0 Å². The Balaban J connectivity index is 1.46. The van der Waals surface area contributed by atoms with Crippen LogP contribution in [0.25, 0.3) is 0 Å². The molecule has 0 unspecified atom stereocenters. The van der Waals surface area contributed by atoms with Gasteiger partial charge in [0, 0.05) is 56.1 Å².